The van der Waals surface area contributed by atoms with Crippen molar-refractivity contribution in [3.05, 3.63) is 53.2 Å². The van der Waals surface area contributed by atoms with E-state index in [0.717, 1.165) is 43.9 Å². The zero-order valence-electron chi connectivity index (χ0n) is 15.4. The van der Waals surface area contributed by atoms with Crippen molar-refractivity contribution in [1.29, 1.82) is 0 Å². The first-order chi connectivity index (χ1) is 13.2. The third-order valence-corrected chi connectivity index (χ3v) is 5.42. The normalized spacial score (nSPS) is 16.3. The summed E-state index contributed by atoms with van der Waals surface area (Å²) in [6, 6.07) is 11.3. The molecule has 0 N–H and O–H groups in total. The first kappa shape index (κ1) is 17.6. The monoisotopic (exact) mass is 364 g/mol. The molecule has 6 heteroatoms. The summed E-state index contributed by atoms with van der Waals surface area (Å²) in [5.74, 6) is 0.997. The Balaban J connectivity index is 1.27. The maximum atomic E-state index is 12.5. The van der Waals surface area contributed by atoms with Gasteiger partial charge in [0.25, 0.3) is 0 Å². The Hall–Kier alpha value is -2.76. The van der Waals surface area contributed by atoms with Gasteiger partial charge in [-0.05, 0) is 30.9 Å². The number of carbonyl (C=O) groups is 2. The van der Waals surface area contributed by atoms with Crippen molar-refractivity contribution in [2.75, 3.05) is 31.1 Å². The van der Waals surface area contributed by atoms with Crippen LogP contribution in [0.3, 0.4) is 0 Å². The molecular formula is C21H24N4O2. The van der Waals surface area contributed by atoms with Crippen molar-refractivity contribution in [2.24, 2.45) is 0 Å². The molecule has 27 heavy (non-hydrogen) atoms. The topological polar surface area (TPSA) is 66.4 Å². The van der Waals surface area contributed by atoms with E-state index < -0.39 is 0 Å². The number of carbonyl (C=O) groups excluding carboxylic acids is 2. The SMILES string of the molecule is O=C(CCC(=O)N1CCN(c2cc3c(nn2)CCC3)CC1)c1ccccc1. The van der Waals surface area contributed by atoms with Gasteiger partial charge in [-0.2, -0.15) is 5.10 Å². The molecular weight excluding hydrogens is 340 g/mol. The van der Waals surface area contributed by atoms with Crippen molar-refractivity contribution in [2.45, 2.75) is 32.1 Å². The van der Waals surface area contributed by atoms with Crippen molar-refractivity contribution in [1.82, 2.24) is 15.1 Å². The Morgan fingerprint density at radius 1 is 0.926 bits per heavy atom. The van der Waals surface area contributed by atoms with Crippen LogP contribution in [0.4, 0.5) is 5.82 Å². The predicted octanol–water partition coefficient (Wildman–Crippen LogP) is 2.28. The van der Waals surface area contributed by atoms with Gasteiger partial charge in [0.2, 0.25) is 5.91 Å². The van der Waals surface area contributed by atoms with E-state index in [-0.39, 0.29) is 24.5 Å². The number of piperazine rings is 1. The number of benzene rings is 1. The van der Waals surface area contributed by atoms with Crippen LogP contribution in [0.15, 0.2) is 36.4 Å². The Bertz CT molecular complexity index is 829. The second-order valence-electron chi connectivity index (χ2n) is 7.19. The number of hydrogen-bond acceptors (Lipinski definition) is 5. The molecule has 1 aliphatic heterocycles. The summed E-state index contributed by atoms with van der Waals surface area (Å²) >= 11 is 0. The molecule has 0 spiro atoms. The van der Waals surface area contributed by atoms with Crippen LogP contribution in [-0.4, -0.2) is 53.0 Å². The third-order valence-electron chi connectivity index (χ3n) is 5.42. The van der Waals surface area contributed by atoms with Gasteiger partial charge in [0, 0.05) is 44.6 Å². The van der Waals surface area contributed by atoms with E-state index in [1.807, 2.05) is 23.1 Å². The minimum absolute atomic E-state index is 0.0241. The number of ketones is 1. The van der Waals surface area contributed by atoms with Gasteiger partial charge in [-0.1, -0.05) is 30.3 Å². The molecule has 1 aliphatic carbocycles. The molecule has 0 saturated carbocycles. The van der Waals surface area contributed by atoms with Gasteiger partial charge in [-0.25, -0.2) is 0 Å². The summed E-state index contributed by atoms with van der Waals surface area (Å²) in [5, 5.41) is 8.72. The fourth-order valence-corrected chi connectivity index (χ4v) is 3.80. The molecule has 6 nitrogen and oxygen atoms in total. The fraction of sp³-hybridized carbons (Fsp3) is 0.429. The first-order valence-corrected chi connectivity index (χ1v) is 9.67. The quantitative estimate of drug-likeness (QED) is 0.762. The molecule has 1 aromatic heterocycles. The van der Waals surface area contributed by atoms with Crippen molar-refractivity contribution in [3.8, 4) is 0 Å². The number of aryl methyl sites for hydroxylation is 2. The van der Waals surface area contributed by atoms with Gasteiger partial charge in [0.15, 0.2) is 11.6 Å². The molecule has 1 fully saturated rings. The zero-order valence-corrected chi connectivity index (χ0v) is 15.4. The molecule has 0 radical (unpaired) electrons. The van der Waals surface area contributed by atoms with Gasteiger partial charge >= 0.3 is 0 Å². The number of rotatable bonds is 5. The molecule has 0 bridgehead atoms. The zero-order chi connectivity index (χ0) is 18.6. The Labute approximate surface area is 159 Å². The van der Waals surface area contributed by atoms with Gasteiger partial charge in [0.05, 0.1) is 5.69 Å². The average molecular weight is 364 g/mol. The smallest absolute Gasteiger partial charge is 0.223 e. The highest BCUT2D eigenvalue weighted by Gasteiger charge is 2.24. The molecule has 140 valence electrons. The van der Waals surface area contributed by atoms with E-state index >= 15 is 0 Å². The lowest BCUT2D eigenvalue weighted by Gasteiger charge is -2.35. The van der Waals surface area contributed by atoms with Crippen LogP contribution in [0.25, 0.3) is 0 Å². The minimum atomic E-state index is 0.0241. The van der Waals surface area contributed by atoms with E-state index in [9.17, 15) is 9.59 Å². The highest BCUT2D eigenvalue weighted by molar-refractivity contribution is 5.97. The third kappa shape index (κ3) is 3.99. The molecule has 1 amide bonds. The van der Waals surface area contributed by atoms with E-state index in [2.05, 4.69) is 21.2 Å². The van der Waals surface area contributed by atoms with Gasteiger partial charge < -0.3 is 9.80 Å². The maximum absolute atomic E-state index is 12.5. The second kappa shape index (κ2) is 7.86. The van der Waals surface area contributed by atoms with Gasteiger partial charge in [-0.3, -0.25) is 9.59 Å². The number of Topliss-reactive ketones (excluding diaryl/α,β-unsaturated/α-hetero) is 1. The van der Waals surface area contributed by atoms with Crippen molar-refractivity contribution < 1.29 is 9.59 Å². The Morgan fingerprint density at radius 3 is 2.48 bits per heavy atom. The van der Waals surface area contributed by atoms with Gasteiger partial charge in [0.1, 0.15) is 0 Å². The fourth-order valence-electron chi connectivity index (χ4n) is 3.80. The van der Waals surface area contributed by atoms with E-state index in [1.54, 1.807) is 12.1 Å². The molecule has 1 saturated heterocycles. The highest BCUT2D eigenvalue weighted by atomic mass is 16.2. The maximum Gasteiger partial charge on any atom is 0.223 e. The summed E-state index contributed by atoms with van der Waals surface area (Å²) < 4.78 is 0. The lowest BCUT2D eigenvalue weighted by atomic mass is 10.1. The van der Waals surface area contributed by atoms with Crippen LogP contribution in [0.1, 0.15) is 40.9 Å². The molecule has 2 aromatic rings. The lowest BCUT2D eigenvalue weighted by Crippen LogP contribution is -2.49. The molecule has 1 aromatic carbocycles. The Kier molecular flexibility index (Phi) is 5.14. The molecule has 4 rings (SSSR count). The number of hydrogen-bond donors (Lipinski definition) is 0. The molecule has 0 unspecified atom stereocenters. The number of aromatic nitrogens is 2. The van der Waals surface area contributed by atoms with Crippen LogP contribution in [0, 0.1) is 0 Å². The van der Waals surface area contributed by atoms with Gasteiger partial charge in [-0.15, -0.1) is 5.10 Å². The van der Waals surface area contributed by atoms with Crippen molar-refractivity contribution in [3.63, 3.8) is 0 Å². The Morgan fingerprint density at radius 2 is 1.70 bits per heavy atom. The predicted molar refractivity (Wildman–Crippen MR) is 103 cm³/mol. The van der Waals surface area contributed by atoms with Crippen LogP contribution >= 0.6 is 0 Å². The largest absolute Gasteiger partial charge is 0.352 e. The highest BCUT2D eigenvalue weighted by Crippen LogP contribution is 2.23. The summed E-state index contributed by atoms with van der Waals surface area (Å²) in [7, 11) is 0. The summed E-state index contributed by atoms with van der Waals surface area (Å²) in [5.41, 5.74) is 3.12. The number of fused-ring (bicyclic) bond motifs is 1. The number of nitrogens with zero attached hydrogens (tertiary/aromatic N) is 4. The second-order valence-corrected chi connectivity index (χ2v) is 7.19. The summed E-state index contributed by atoms with van der Waals surface area (Å²) in [6.45, 7) is 2.84. The lowest BCUT2D eigenvalue weighted by molar-refractivity contribution is -0.131. The number of amides is 1. The number of anilines is 1. The first-order valence-electron chi connectivity index (χ1n) is 9.67. The standard InChI is InChI=1S/C21H24N4O2/c26-19(16-5-2-1-3-6-16)9-10-21(27)25-13-11-24(12-14-25)20-15-17-7-4-8-18(17)22-23-20/h1-3,5-6,15H,4,7-14H2. The summed E-state index contributed by atoms with van der Waals surface area (Å²) in [4.78, 5) is 28.7. The molecule has 2 heterocycles. The van der Waals surface area contributed by atoms with Crippen LogP contribution < -0.4 is 4.90 Å². The molecule has 0 atom stereocenters. The van der Waals surface area contributed by atoms with Crippen LogP contribution in [0.5, 0.6) is 0 Å². The van der Waals surface area contributed by atoms with E-state index in [0.29, 0.717) is 18.7 Å². The van der Waals surface area contributed by atoms with E-state index in [4.69, 9.17) is 0 Å². The van der Waals surface area contributed by atoms with Crippen LogP contribution in [-0.2, 0) is 17.6 Å². The molecule has 2 aliphatic rings. The van der Waals surface area contributed by atoms with Crippen LogP contribution in [0.2, 0.25) is 0 Å². The van der Waals surface area contributed by atoms with Crippen molar-refractivity contribution >= 4 is 17.5 Å². The average Bonchev–Trinajstić information content (AvgIpc) is 3.20. The summed E-state index contributed by atoms with van der Waals surface area (Å²) in [6.07, 6.45) is 3.82. The minimum Gasteiger partial charge on any atom is -0.352 e. The van der Waals surface area contributed by atoms with E-state index in [1.165, 1.54) is 5.56 Å².